The Bertz CT molecular complexity index is 917. The molecule has 3 aromatic rings. The molecule has 0 aliphatic heterocycles. The molecule has 1 aliphatic rings. The van der Waals surface area contributed by atoms with Crippen molar-refractivity contribution in [2.75, 3.05) is 0 Å². The minimum Gasteiger partial charge on any atom is -0.328 e. The Morgan fingerprint density at radius 1 is 0.784 bits per heavy atom. The van der Waals surface area contributed by atoms with Gasteiger partial charge in [-0.15, -0.1) is 0 Å². The van der Waals surface area contributed by atoms with Crippen LogP contribution >= 0.6 is 0 Å². The third-order valence-electron chi connectivity index (χ3n) is 6.92. The largest absolute Gasteiger partial charge is 0.328 e. The minimum atomic E-state index is -0.441. The second-order valence-corrected chi connectivity index (χ2v) is 10.3. The summed E-state index contributed by atoms with van der Waals surface area (Å²) in [7, 11) is 0. The summed E-state index contributed by atoms with van der Waals surface area (Å²) in [5.41, 5.74) is 15.3. The molecule has 1 aliphatic carbocycles. The van der Waals surface area contributed by atoms with Gasteiger partial charge in [0.25, 0.3) is 0 Å². The van der Waals surface area contributed by atoms with Crippen molar-refractivity contribution in [3.05, 3.63) is 108 Å². The fourth-order valence-electron chi connectivity index (χ4n) is 4.54. The summed E-state index contributed by atoms with van der Waals surface area (Å²) >= 11 is 0. The van der Waals surface area contributed by atoms with Crippen LogP contribution in [0.2, 0.25) is 0 Å². The van der Waals surface area contributed by atoms with Crippen molar-refractivity contribution in [1.82, 2.24) is 5.32 Å². The van der Waals surface area contributed by atoms with Gasteiger partial charge in [-0.2, -0.15) is 0 Å². The number of nitrogens with one attached hydrogen (secondary N) is 1. The van der Waals surface area contributed by atoms with Gasteiger partial charge >= 0.3 is 0 Å². The van der Waals surface area contributed by atoms with E-state index in [4.69, 9.17) is 11.5 Å². The third kappa shape index (κ3) is 11.9. The van der Waals surface area contributed by atoms with E-state index >= 15 is 0 Å². The maximum Gasteiger partial charge on any atom is 0.138 e. The van der Waals surface area contributed by atoms with E-state index in [2.05, 4.69) is 98.9 Å². The Hall–Kier alpha value is -2.79. The Morgan fingerprint density at radius 3 is 1.62 bits per heavy atom. The predicted molar refractivity (Wildman–Crippen MR) is 157 cm³/mol. The molecule has 5 N–H and O–H groups in total. The molecule has 0 saturated heterocycles. The molecule has 1 saturated carbocycles. The summed E-state index contributed by atoms with van der Waals surface area (Å²) < 4.78 is 0. The second kappa shape index (κ2) is 17.6. The molecule has 4 heteroatoms. The number of rotatable bonds is 8. The fourth-order valence-corrected chi connectivity index (χ4v) is 4.54. The van der Waals surface area contributed by atoms with Gasteiger partial charge < -0.3 is 21.6 Å². The highest BCUT2D eigenvalue weighted by Crippen LogP contribution is 2.23. The number of benzene rings is 3. The molecule has 0 heterocycles. The topological polar surface area (TPSA) is 81.1 Å². The number of carbonyl (C=O) groups is 1. The number of carbonyl (C=O) groups excluding carboxylic acids is 1. The van der Waals surface area contributed by atoms with Crippen LogP contribution in [0.3, 0.4) is 0 Å². The van der Waals surface area contributed by atoms with Crippen molar-refractivity contribution in [1.29, 1.82) is 0 Å². The molecule has 0 radical (unpaired) electrons. The first-order chi connectivity index (χ1) is 17.9. The summed E-state index contributed by atoms with van der Waals surface area (Å²) in [6.45, 7) is 7.11. The van der Waals surface area contributed by atoms with E-state index < -0.39 is 6.04 Å². The number of aldehydes is 1. The van der Waals surface area contributed by atoms with Crippen molar-refractivity contribution in [2.45, 2.75) is 83.5 Å². The summed E-state index contributed by atoms with van der Waals surface area (Å²) in [6.07, 6.45) is 7.47. The molecule has 3 aromatic carbocycles. The number of nitrogens with two attached hydrogens (primary N) is 2. The summed E-state index contributed by atoms with van der Waals surface area (Å²) in [4.78, 5) is 10.7. The first-order valence-electron chi connectivity index (χ1n) is 13.8. The number of hydrogen-bond acceptors (Lipinski definition) is 4. The lowest BCUT2D eigenvalue weighted by Gasteiger charge is -2.25. The molecule has 1 fully saturated rings. The van der Waals surface area contributed by atoms with Crippen molar-refractivity contribution in [3.8, 4) is 0 Å². The molecule has 0 bridgehead atoms. The van der Waals surface area contributed by atoms with Crippen LogP contribution in [0.5, 0.6) is 0 Å². The quantitative estimate of drug-likeness (QED) is 0.310. The van der Waals surface area contributed by atoms with Crippen molar-refractivity contribution in [3.63, 3.8) is 0 Å². The Labute approximate surface area is 224 Å². The Morgan fingerprint density at radius 2 is 1.24 bits per heavy atom. The SMILES string of the molecule is CC(C)C(NCc1ccccc1)C(N)C=O.CC(c1ccccc1)c1ccccc1.NC1CCCCC1. The summed E-state index contributed by atoms with van der Waals surface area (Å²) in [5.74, 6) is 0.821. The van der Waals surface area contributed by atoms with E-state index in [-0.39, 0.29) is 6.04 Å². The smallest absolute Gasteiger partial charge is 0.138 e. The summed E-state index contributed by atoms with van der Waals surface area (Å²) in [5, 5.41) is 3.33. The lowest BCUT2D eigenvalue weighted by molar-refractivity contribution is -0.109. The third-order valence-corrected chi connectivity index (χ3v) is 6.92. The van der Waals surface area contributed by atoms with E-state index in [9.17, 15) is 4.79 Å². The highest BCUT2D eigenvalue weighted by molar-refractivity contribution is 5.58. The van der Waals surface area contributed by atoms with Crippen molar-refractivity contribution < 1.29 is 4.79 Å². The van der Waals surface area contributed by atoms with E-state index in [0.717, 1.165) is 12.8 Å². The second-order valence-electron chi connectivity index (χ2n) is 10.3. The van der Waals surface area contributed by atoms with Crippen molar-refractivity contribution >= 4 is 6.29 Å². The molecular formula is C33H47N3O. The molecule has 0 spiro atoms. The average Bonchev–Trinajstić information content (AvgIpc) is 2.95. The van der Waals surface area contributed by atoms with Crippen LogP contribution in [0.25, 0.3) is 0 Å². The van der Waals surface area contributed by atoms with Gasteiger partial charge in [0.1, 0.15) is 6.29 Å². The Balaban J connectivity index is 0.000000209. The van der Waals surface area contributed by atoms with Crippen LogP contribution in [0, 0.1) is 5.92 Å². The van der Waals surface area contributed by atoms with Gasteiger partial charge in [0.2, 0.25) is 0 Å². The van der Waals surface area contributed by atoms with Crippen LogP contribution < -0.4 is 16.8 Å². The van der Waals surface area contributed by atoms with Crippen molar-refractivity contribution in [2.24, 2.45) is 17.4 Å². The van der Waals surface area contributed by atoms with E-state index in [1.165, 1.54) is 48.8 Å². The van der Waals surface area contributed by atoms with Gasteiger partial charge in [-0.3, -0.25) is 0 Å². The molecular weight excluding hydrogens is 454 g/mol. The molecule has 2 unspecified atom stereocenters. The van der Waals surface area contributed by atoms with Gasteiger partial charge in [0, 0.05) is 24.5 Å². The van der Waals surface area contributed by atoms with Gasteiger partial charge in [-0.25, -0.2) is 0 Å². The zero-order valence-electron chi connectivity index (χ0n) is 22.9. The maximum atomic E-state index is 10.7. The van der Waals surface area contributed by atoms with Gasteiger partial charge in [-0.05, 0) is 35.4 Å². The molecule has 200 valence electrons. The van der Waals surface area contributed by atoms with E-state index in [1.54, 1.807) is 0 Å². The van der Waals surface area contributed by atoms with E-state index in [1.807, 2.05) is 18.2 Å². The Kier molecular flexibility index (Phi) is 14.5. The molecule has 37 heavy (non-hydrogen) atoms. The molecule has 0 amide bonds. The van der Waals surface area contributed by atoms with Crippen LogP contribution in [-0.4, -0.2) is 24.4 Å². The van der Waals surface area contributed by atoms with Crippen LogP contribution in [0.4, 0.5) is 0 Å². The zero-order chi connectivity index (χ0) is 26.9. The van der Waals surface area contributed by atoms with E-state index in [0.29, 0.717) is 17.9 Å². The number of hydrogen-bond donors (Lipinski definition) is 3. The lowest BCUT2D eigenvalue weighted by atomic mass is 9.93. The van der Waals surface area contributed by atoms with Crippen LogP contribution in [-0.2, 0) is 11.3 Å². The molecule has 2 atom stereocenters. The lowest BCUT2D eigenvalue weighted by Crippen LogP contribution is -2.49. The normalized spacial score (nSPS) is 15.1. The average molecular weight is 502 g/mol. The molecule has 4 nitrogen and oxygen atoms in total. The fraction of sp³-hybridized carbons (Fsp3) is 0.424. The van der Waals surface area contributed by atoms with Crippen LogP contribution in [0.15, 0.2) is 91.0 Å². The predicted octanol–water partition coefficient (Wildman–Crippen LogP) is 6.44. The standard InChI is InChI=1S/C14H14.C13H20N2O.C6H13N/c1-12(13-8-4-2-5-9-13)14-10-6-3-7-11-14;1-10(2)13(12(14)9-16)15-8-11-6-4-3-5-7-11;7-6-4-2-1-3-5-6/h2-12H,1H3;3-7,9-10,12-13,15H,8,14H2,1-2H3;6H,1-5,7H2. The highest BCUT2D eigenvalue weighted by Gasteiger charge is 2.19. The zero-order valence-corrected chi connectivity index (χ0v) is 22.9. The maximum absolute atomic E-state index is 10.7. The molecule has 0 aromatic heterocycles. The van der Waals surface area contributed by atoms with Gasteiger partial charge in [-0.1, -0.05) is 131 Å². The first kappa shape index (κ1) is 30.4. The molecule has 4 rings (SSSR count). The minimum absolute atomic E-state index is 0.0257. The van der Waals surface area contributed by atoms with Gasteiger partial charge in [0.15, 0.2) is 0 Å². The summed E-state index contributed by atoms with van der Waals surface area (Å²) in [6, 6.07) is 31.4. The van der Waals surface area contributed by atoms with Gasteiger partial charge in [0.05, 0.1) is 6.04 Å². The van der Waals surface area contributed by atoms with Crippen LogP contribution in [0.1, 0.15) is 75.5 Å². The monoisotopic (exact) mass is 501 g/mol. The first-order valence-corrected chi connectivity index (χ1v) is 13.8. The highest BCUT2D eigenvalue weighted by atomic mass is 16.1.